The number of esters is 1. The zero-order valence-corrected chi connectivity index (χ0v) is 16.9. The highest BCUT2D eigenvalue weighted by Crippen LogP contribution is 2.42. The van der Waals surface area contributed by atoms with Gasteiger partial charge >= 0.3 is 5.97 Å². The number of carbonyl (C=O) groups is 1. The molecule has 1 fully saturated rings. The second kappa shape index (κ2) is 7.44. The third-order valence-electron chi connectivity index (χ3n) is 5.49. The van der Waals surface area contributed by atoms with Gasteiger partial charge in [0.05, 0.1) is 18.3 Å². The van der Waals surface area contributed by atoms with Gasteiger partial charge in [0, 0.05) is 12.3 Å². The van der Waals surface area contributed by atoms with E-state index in [1.54, 1.807) is 24.3 Å². The van der Waals surface area contributed by atoms with Gasteiger partial charge in [-0.1, -0.05) is 45.5 Å². The van der Waals surface area contributed by atoms with Crippen molar-refractivity contribution in [3.8, 4) is 0 Å². The number of carbonyl (C=O) groups excluding carboxylic acids is 1. The van der Waals surface area contributed by atoms with Crippen molar-refractivity contribution in [3.63, 3.8) is 0 Å². The second-order valence-corrected chi connectivity index (χ2v) is 13.0. The van der Waals surface area contributed by atoms with Crippen LogP contribution in [-0.4, -0.2) is 38.2 Å². The summed E-state index contributed by atoms with van der Waals surface area (Å²) in [6, 6.07) is 8.93. The van der Waals surface area contributed by atoms with E-state index < -0.39 is 14.4 Å². The van der Waals surface area contributed by atoms with Crippen molar-refractivity contribution in [2.75, 3.05) is 6.61 Å². The van der Waals surface area contributed by atoms with E-state index in [2.05, 4.69) is 40.4 Å². The number of hydrogen-bond donors (Lipinski definition) is 1. The first-order valence-electron chi connectivity index (χ1n) is 8.80. The Morgan fingerprint density at radius 1 is 1.28 bits per heavy atom. The van der Waals surface area contributed by atoms with Crippen LogP contribution >= 0.6 is 0 Å². The monoisotopic (exact) mass is 362 g/mol. The van der Waals surface area contributed by atoms with Gasteiger partial charge in [-0.3, -0.25) is 0 Å². The van der Waals surface area contributed by atoms with Crippen molar-refractivity contribution in [2.24, 2.45) is 5.92 Å². The molecule has 0 bridgehead atoms. The average Bonchev–Trinajstić information content (AvgIpc) is 2.81. The third-order valence-corrected chi connectivity index (χ3v) is 10.00. The maximum atomic E-state index is 12.3. The molecule has 0 unspecified atom stereocenters. The fourth-order valence-electron chi connectivity index (χ4n) is 2.82. The summed E-state index contributed by atoms with van der Waals surface area (Å²) in [6.45, 7) is 15.0. The number of rotatable bonds is 5. The van der Waals surface area contributed by atoms with Crippen molar-refractivity contribution in [1.29, 1.82) is 0 Å². The molecule has 0 radical (unpaired) electrons. The molecule has 4 nitrogen and oxygen atoms in total. The summed E-state index contributed by atoms with van der Waals surface area (Å²) in [6.07, 6.45) is -0.0265. The van der Waals surface area contributed by atoms with Gasteiger partial charge < -0.3 is 14.3 Å². The smallest absolute Gasteiger partial charge is 0.338 e. The first kappa shape index (κ1) is 19.9. The van der Waals surface area contributed by atoms with Crippen LogP contribution in [0.5, 0.6) is 0 Å². The van der Waals surface area contributed by atoms with Crippen molar-refractivity contribution in [3.05, 3.63) is 48.0 Å². The van der Waals surface area contributed by atoms with Gasteiger partial charge in [-0.05, 0) is 35.8 Å². The van der Waals surface area contributed by atoms with Crippen LogP contribution in [0.25, 0.3) is 0 Å². The number of benzene rings is 1. The van der Waals surface area contributed by atoms with Crippen LogP contribution in [0.3, 0.4) is 0 Å². The summed E-state index contributed by atoms with van der Waals surface area (Å²) in [5.74, 6) is -0.556. The summed E-state index contributed by atoms with van der Waals surface area (Å²) in [7, 11) is -1.98. The topological polar surface area (TPSA) is 55.8 Å². The lowest BCUT2D eigenvalue weighted by atomic mass is 10.0. The lowest BCUT2D eigenvalue weighted by Gasteiger charge is -2.39. The van der Waals surface area contributed by atoms with Gasteiger partial charge in [0.1, 0.15) is 6.10 Å². The van der Waals surface area contributed by atoms with Crippen LogP contribution in [-0.2, 0) is 9.16 Å². The molecule has 1 saturated carbocycles. The Hall–Kier alpha value is -1.43. The molecular formula is C20H30O4Si. The Kier molecular flexibility index (Phi) is 5.92. The molecule has 5 heteroatoms. The normalized spacial score (nSPS) is 24.4. The Morgan fingerprint density at radius 2 is 1.88 bits per heavy atom. The lowest BCUT2D eigenvalue weighted by molar-refractivity contribution is 0.0346. The zero-order valence-electron chi connectivity index (χ0n) is 15.9. The summed E-state index contributed by atoms with van der Waals surface area (Å²) >= 11 is 0. The maximum Gasteiger partial charge on any atom is 0.338 e. The molecular weight excluding hydrogens is 332 g/mol. The Bertz CT molecular complexity index is 618. The molecule has 2 rings (SSSR count). The minimum absolute atomic E-state index is 0.0441. The molecule has 1 N–H and O–H groups in total. The average molecular weight is 363 g/mol. The Morgan fingerprint density at radius 3 is 2.40 bits per heavy atom. The Balaban J connectivity index is 2.10. The van der Waals surface area contributed by atoms with E-state index in [4.69, 9.17) is 9.16 Å². The molecule has 1 aliphatic rings. The fourth-order valence-corrected chi connectivity index (χ4v) is 4.19. The van der Waals surface area contributed by atoms with E-state index >= 15 is 0 Å². The molecule has 0 spiro atoms. The minimum Gasteiger partial charge on any atom is -0.454 e. The second-order valence-electron chi connectivity index (χ2n) is 8.28. The molecule has 1 aromatic carbocycles. The zero-order chi connectivity index (χ0) is 18.8. The minimum atomic E-state index is -1.98. The van der Waals surface area contributed by atoms with Crippen LogP contribution in [0, 0.1) is 5.92 Å². The molecule has 25 heavy (non-hydrogen) atoms. The van der Waals surface area contributed by atoms with Crippen molar-refractivity contribution in [1.82, 2.24) is 0 Å². The van der Waals surface area contributed by atoms with Gasteiger partial charge in [0.2, 0.25) is 0 Å². The molecule has 0 aromatic heterocycles. The number of aliphatic hydroxyl groups excluding tert-OH is 1. The molecule has 138 valence electrons. The van der Waals surface area contributed by atoms with E-state index in [1.807, 2.05) is 6.07 Å². The highest BCUT2D eigenvalue weighted by atomic mass is 28.4. The quantitative estimate of drug-likeness (QED) is 0.485. The van der Waals surface area contributed by atoms with Crippen LogP contribution in [0.2, 0.25) is 18.1 Å². The van der Waals surface area contributed by atoms with Crippen LogP contribution in [0.4, 0.5) is 0 Å². The van der Waals surface area contributed by atoms with Crippen molar-refractivity contribution >= 4 is 14.3 Å². The predicted molar refractivity (Wildman–Crippen MR) is 102 cm³/mol. The molecule has 0 aliphatic heterocycles. The summed E-state index contributed by atoms with van der Waals surface area (Å²) in [4.78, 5) is 12.3. The molecule has 0 saturated heterocycles. The summed E-state index contributed by atoms with van der Waals surface area (Å²) in [5.41, 5.74) is 1.26. The van der Waals surface area contributed by atoms with Crippen LogP contribution in [0.15, 0.2) is 42.5 Å². The van der Waals surface area contributed by atoms with Gasteiger partial charge in [-0.2, -0.15) is 0 Å². The third kappa shape index (κ3) is 4.40. The maximum absolute atomic E-state index is 12.3. The predicted octanol–water partition coefficient (Wildman–Crippen LogP) is 4.17. The van der Waals surface area contributed by atoms with Gasteiger partial charge in [-0.25, -0.2) is 4.79 Å². The van der Waals surface area contributed by atoms with E-state index in [0.29, 0.717) is 12.0 Å². The largest absolute Gasteiger partial charge is 0.454 e. The molecule has 1 aliphatic carbocycles. The van der Waals surface area contributed by atoms with Crippen LogP contribution < -0.4 is 0 Å². The molecule has 0 amide bonds. The lowest BCUT2D eigenvalue weighted by Crippen LogP contribution is -2.45. The standard InChI is InChI=1S/C20H30O4Si/c1-14-16(13-21)18(24-25(5,6)20(2,3)4)12-17(14)23-19(22)15-10-8-7-9-11-15/h7-11,16-18,21H,1,12-13H2,2-6H3/t16-,17+,18-/m0/s1. The first-order chi connectivity index (χ1) is 11.6. The van der Waals surface area contributed by atoms with E-state index in [0.717, 1.165) is 5.57 Å². The van der Waals surface area contributed by atoms with E-state index in [1.165, 1.54) is 0 Å². The first-order valence-corrected chi connectivity index (χ1v) is 11.7. The molecule has 0 heterocycles. The van der Waals surface area contributed by atoms with Crippen LogP contribution in [0.1, 0.15) is 37.6 Å². The van der Waals surface area contributed by atoms with Crippen molar-refractivity contribution in [2.45, 2.75) is 57.5 Å². The van der Waals surface area contributed by atoms with Gasteiger partial charge in [-0.15, -0.1) is 0 Å². The van der Waals surface area contributed by atoms with Gasteiger partial charge in [0.25, 0.3) is 0 Å². The van der Waals surface area contributed by atoms with Gasteiger partial charge in [0.15, 0.2) is 8.32 Å². The molecule has 1 aromatic rings. The van der Waals surface area contributed by atoms with E-state index in [-0.39, 0.29) is 29.6 Å². The Labute approximate surface area is 152 Å². The highest BCUT2D eigenvalue weighted by molar-refractivity contribution is 6.74. The fraction of sp³-hybridized carbons (Fsp3) is 0.550. The van der Waals surface area contributed by atoms with E-state index in [9.17, 15) is 9.90 Å². The highest BCUT2D eigenvalue weighted by Gasteiger charge is 2.46. The summed E-state index contributed by atoms with van der Waals surface area (Å²) in [5, 5.41) is 9.89. The number of ether oxygens (including phenoxy) is 1. The SMILES string of the molecule is C=C1[C@H](OC(=O)c2ccccc2)C[C@H](O[Si](C)(C)C(C)(C)C)[C@H]1CO. The molecule has 3 atom stereocenters. The summed E-state index contributed by atoms with van der Waals surface area (Å²) < 4.78 is 12.1. The number of hydrogen-bond acceptors (Lipinski definition) is 4. The van der Waals surface area contributed by atoms with Crippen molar-refractivity contribution < 1.29 is 19.1 Å². The number of aliphatic hydroxyl groups is 1.